The summed E-state index contributed by atoms with van der Waals surface area (Å²) >= 11 is 0. The number of rotatable bonds is 5. The third kappa shape index (κ3) is 2.77. The lowest BCUT2D eigenvalue weighted by atomic mass is 10.1. The second-order valence-corrected chi connectivity index (χ2v) is 3.24. The third-order valence-electron chi connectivity index (χ3n) is 2.18. The molecule has 0 aromatic heterocycles. The molecule has 0 fully saturated rings. The fraction of sp³-hybridized carbons (Fsp3) is 0.333. The van der Waals surface area contributed by atoms with E-state index < -0.39 is 23.1 Å². The summed E-state index contributed by atoms with van der Waals surface area (Å²) in [6.45, 7) is 1.59. The first-order valence-corrected chi connectivity index (χ1v) is 5.18. The van der Waals surface area contributed by atoms with Crippen molar-refractivity contribution in [3.63, 3.8) is 0 Å². The number of esters is 1. The Hall–Kier alpha value is -2.11. The van der Waals surface area contributed by atoms with Gasteiger partial charge in [0.05, 0.1) is 26.4 Å². The van der Waals surface area contributed by atoms with Gasteiger partial charge in [-0.3, -0.25) is 4.79 Å². The van der Waals surface area contributed by atoms with Crippen molar-refractivity contribution in [2.75, 3.05) is 20.8 Å². The SMILES string of the molecule is CCOC(=O)C(=O)c1cc(OC)c(OC)cc1F. The molecule has 0 aliphatic heterocycles. The highest BCUT2D eigenvalue weighted by atomic mass is 19.1. The Balaban J connectivity index is 3.17. The Kier molecular flexibility index (Phi) is 4.65. The molecule has 0 amide bonds. The standard InChI is InChI=1S/C12H13FO5/c1-4-18-12(15)11(14)7-5-9(16-2)10(17-3)6-8(7)13/h5-6H,4H2,1-3H3. The van der Waals surface area contributed by atoms with E-state index in [9.17, 15) is 14.0 Å². The fourth-order valence-corrected chi connectivity index (χ4v) is 1.33. The number of halogens is 1. The van der Waals surface area contributed by atoms with Crippen molar-refractivity contribution in [3.8, 4) is 11.5 Å². The van der Waals surface area contributed by atoms with E-state index in [1.807, 2.05) is 0 Å². The van der Waals surface area contributed by atoms with E-state index in [1.165, 1.54) is 14.2 Å². The van der Waals surface area contributed by atoms with Crippen LogP contribution in [0.1, 0.15) is 17.3 Å². The minimum atomic E-state index is -1.11. The van der Waals surface area contributed by atoms with Gasteiger partial charge in [0.25, 0.3) is 5.78 Å². The molecule has 0 heterocycles. The maximum absolute atomic E-state index is 13.6. The van der Waals surface area contributed by atoms with Crippen LogP contribution in [0.25, 0.3) is 0 Å². The molecule has 0 atom stereocenters. The van der Waals surface area contributed by atoms with Crippen LogP contribution in [0.2, 0.25) is 0 Å². The lowest BCUT2D eigenvalue weighted by Crippen LogP contribution is -2.19. The van der Waals surface area contributed by atoms with Crippen LogP contribution in [0.5, 0.6) is 11.5 Å². The molecule has 18 heavy (non-hydrogen) atoms. The summed E-state index contributed by atoms with van der Waals surface area (Å²) in [4.78, 5) is 22.9. The molecule has 1 rings (SSSR count). The Morgan fingerprint density at radius 1 is 1.17 bits per heavy atom. The first-order valence-electron chi connectivity index (χ1n) is 5.18. The highest BCUT2D eigenvalue weighted by Gasteiger charge is 2.23. The molecule has 98 valence electrons. The summed E-state index contributed by atoms with van der Waals surface area (Å²) in [7, 11) is 2.68. The second-order valence-electron chi connectivity index (χ2n) is 3.24. The molecule has 1 aromatic carbocycles. The zero-order valence-corrected chi connectivity index (χ0v) is 10.3. The molecular weight excluding hydrogens is 243 g/mol. The molecule has 0 unspecified atom stereocenters. The Labute approximate surface area is 103 Å². The molecule has 0 spiro atoms. The summed E-state index contributed by atoms with van der Waals surface area (Å²) in [5.41, 5.74) is -0.411. The van der Waals surface area contributed by atoms with Crippen LogP contribution in [-0.2, 0) is 9.53 Å². The maximum atomic E-state index is 13.6. The van der Waals surface area contributed by atoms with Gasteiger partial charge < -0.3 is 14.2 Å². The normalized spacial score (nSPS) is 9.78. The number of Topliss-reactive ketones (excluding diaryl/α,β-unsaturated/α-hetero) is 1. The smallest absolute Gasteiger partial charge is 0.379 e. The van der Waals surface area contributed by atoms with E-state index in [0.717, 1.165) is 12.1 Å². The minimum absolute atomic E-state index is 0.0412. The van der Waals surface area contributed by atoms with Crippen molar-refractivity contribution in [2.45, 2.75) is 6.92 Å². The van der Waals surface area contributed by atoms with Crippen LogP contribution < -0.4 is 9.47 Å². The number of hydrogen-bond donors (Lipinski definition) is 0. The molecule has 0 aliphatic rings. The van der Waals surface area contributed by atoms with Gasteiger partial charge in [-0.25, -0.2) is 9.18 Å². The Bertz CT molecular complexity index is 470. The fourth-order valence-electron chi connectivity index (χ4n) is 1.33. The molecule has 0 saturated carbocycles. The van der Waals surface area contributed by atoms with E-state index in [4.69, 9.17) is 9.47 Å². The van der Waals surface area contributed by atoms with Crippen LogP contribution in [0.3, 0.4) is 0 Å². The number of ether oxygens (including phenoxy) is 3. The van der Waals surface area contributed by atoms with E-state index >= 15 is 0 Å². The van der Waals surface area contributed by atoms with Gasteiger partial charge in [0.1, 0.15) is 5.82 Å². The largest absolute Gasteiger partial charge is 0.493 e. The third-order valence-corrected chi connectivity index (χ3v) is 2.18. The van der Waals surface area contributed by atoms with Gasteiger partial charge in [-0.2, -0.15) is 0 Å². The average Bonchev–Trinajstić information content (AvgIpc) is 2.37. The van der Waals surface area contributed by atoms with Crippen molar-refractivity contribution >= 4 is 11.8 Å². The Morgan fingerprint density at radius 2 is 1.72 bits per heavy atom. The maximum Gasteiger partial charge on any atom is 0.379 e. The summed E-state index contributed by atoms with van der Waals surface area (Å²) in [6.07, 6.45) is 0. The number of carbonyl (C=O) groups excluding carboxylic acids is 2. The van der Waals surface area contributed by atoms with Gasteiger partial charge in [0.15, 0.2) is 11.5 Å². The highest BCUT2D eigenvalue weighted by molar-refractivity contribution is 6.40. The molecule has 0 saturated heterocycles. The van der Waals surface area contributed by atoms with Crippen molar-refractivity contribution in [1.82, 2.24) is 0 Å². The van der Waals surface area contributed by atoms with Crippen LogP contribution in [0.4, 0.5) is 4.39 Å². The lowest BCUT2D eigenvalue weighted by Gasteiger charge is -2.09. The van der Waals surface area contributed by atoms with Crippen molar-refractivity contribution < 1.29 is 28.2 Å². The summed E-state index contributed by atoms with van der Waals surface area (Å²) < 4.78 is 27.9. The number of ketones is 1. The second kappa shape index (κ2) is 6.00. The quantitative estimate of drug-likeness (QED) is 0.455. The van der Waals surface area contributed by atoms with Crippen LogP contribution in [0.15, 0.2) is 12.1 Å². The first-order chi connectivity index (χ1) is 8.54. The molecule has 0 radical (unpaired) electrons. The molecule has 6 heteroatoms. The molecule has 5 nitrogen and oxygen atoms in total. The van der Waals surface area contributed by atoms with Gasteiger partial charge in [-0.1, -0.05) is 0 Å². The van der Waals surface area contributed by atoms with E-state index in [0.29, 0.717) is 0 Å². The summed E-state index contributed by atoms with van der Waals surface area (Å²) in [5, 5.41) is 0. The van der Waals surface area contributed by atoms with E-state index in [1.54, 1.807) is 6.92 Å². The molecule has 0 N–H and O–H groups in total. The Morgan fingerprint density at radius 3 is 2.22 bits per heavy atom. The summed E-state index contributed by atoms with van der Waals surface area (Å²) in [6, 6.07) is 2.08. The summed E-state index contributed by atoms with van der Waals surface area (Å²) in [5.74, 6) is -2.74. The molecule has 1 aromatic rings. The first kappa shape index (κ1) is 14.0. The van der Waals surface area contributed by atoms with Crippen LogP contribution in [-0.4, -0.2) is 32.6 Å². The zero-order valence-electron chi connectivity index (χ0n) is 10.3. The van der Waals surface area contributed by atoms with Gasteiger partial charge in [-0.15, -0.1) is 0 Å². The number of methoxy groups -OCH3 is 2. The van der Waals surface area contributed by atoms with Gasteiger partial charge >= 0.3 is 5.97 Å². The predicted octanol–water partition coefficient (Wildman–Crippen LogP) is 1.59. The van der Waals surface area contributed by atoms with Crippen molar-refractivity contribution in [3.05, 3.63) is 23.5 Å². The molecule has 0 aliphatic carbocycles. The lowest BCUT2D eigenvalue weighted by molar-refractivity contribution is -0.137. The van der Waals surface area contributed by atoms with Crippen molar-refractivity contribution in [1.29, 1.82) is 0 Å². The highest BCUT2D eigenvalue weighted by Crippen LogP contribution is 2.30. The monoisotopic (exact) mass is 256 g/mol. The van der Waals surface area contributed by atoms with E-state index in [2.05, 4.69) is 4.74 Å². The number of hydrogen-bond acceptors (Lipinski definition) is 5. The zero-order chi connectivity index (χ0) is 13.7. The molecule has 0 bridgehead atoms. The molecular formula is C12H13FO5. The number of benzene rings is 1. The van der Waals surface area contributed by atoms with Gasteiger partial charge in [-0.05, 0) is 13.0 Å². The van der Waals surface area contributed by atoms with Gasteiger partial charge in [0, 0.05) is 6.07 Å². The van der Waals surface area contributed by atoms with Crippen molar-refractivity contribution in [2.24, 2.45) is 0 Å². The minimum Gasteiger partial charge on any atom is -0.493 e. The van der Waals surface area contributed by atoms with Crippen LogP contribution >= 0.6 is 0 Å². The topological polar surface area (TPSA) is 61.8 Å². The van der Waals surface area contributed by atoms with Gasteiger partial charge in [0.2, 0.25) is 0 Å². The predicted molar refractivity (Wildman–Crippen MR) is 60.5 cm³/mol. The average molecular weight is 256 g/mol. The van der Waals surface area contributed by atoms with Crippen LogP contribution in [0, 0.1) is 5.82 Å². The number of carbonyl (C=O) groups is 2. The van der Waals surface area contributed by atoms with E-state index in [-0.39, 0.29) is 18.1 Å².